The Labute approximate surface area is 134 Å². The minimum absolute atomic E-state index is 0.157. The van der Waals surface area contributed by atoms with Crippen molar-refractivity contribution < 1.29 is 4.79 Å². The maximum Gasteiger partial charge on any atom is 0.274 e. The number of carbonyl (C=O) groups excluding carboxylic acids is 1. The topological polar surface area (TPSA) is 58.1 Å². The number of hydrogen-bond acceptors (Lipinski definition) is 5. The minimum Gasteiger partial charge on any atom is -0.360 e. The smallest absolute Gasteiger partial charge is 0.274 e. The van der Waals surface area contributed by atoms with Crippen LogP contribution in [-0.4, -0.2) is 35.6 Å². The van der Waals surface area contributed by atoms with Gasteiger partial charge in [-0.25, -0.2) is 0 Å². The summed E-state index contributed by atoms with van der Waals surface area (Å²) < 4.78 is 3.94. The van der Waals surface area contributed by atoms with E-state index >= 15 is 0 Å². The Bertz CT molecular complexity index is 620. The number of aromatic nitrogens is 2. The summed E-state index contributed by atoms with van der Waals surface area (Å²) in [5.74, 6) is 0.554. The highest BCUT2D eigenvalue weighted by molar-refractivity contribution is 7.10. The fraction of sp³-hybridized carbons (Fsp3) is 0.438. The van der Waals surface area contributed by atoms with Crippen LogP contribution < -0.4 is 10.2 Å². The Morgan fingerprint density at radius 3 is 2.73 bits per heavy atom. The fourth-order valence-electron chi connectivity index (χ4n) is 2.94. The highest BCUT2D eigenvalue weighted by atomic mass is 32.1. The van der Waals surface area contributed by atoms with Gasteiger partial charge in [0.05, 0.1) is 0 Å². The van der Waals surface area contributed by atoms with E-state index in [0.29, 0.717) is 11.6 Å². The van der Waals surface area contributed by atoms with Crippen LogP contribution in [0.4, 0.5) is 5.00 Å². The number of nitrogens with zero attached hydrogens (tertiary/aromatic N) is 3. The Balaban J connectivity index is 1.60. The van der Waals surface area contributed by atoms with Gasteiger partial charge in [0.15, 0.2) is 5.69 Å². The summed E-state index contributed by atoms with van der Waals surface area (Å²) in [6, 6.07) is 10.7. The van der Waals surface area contributed by atoms with E-state index < -0.39 is 0 Å². The summed E-state index contributed by atoms with van der Waals surface area (Å²) in [4.78, 5) is 14.1. The summed E-state index contributed by atoms with van der Waals surface area (Å²) in [5, 5.41) is 7.49. The van der Waals surface area contributed by atoms with Crippen molar-refractivity contribution in [3.05, 3.63) is 41.6 Å². The summed E-state index contributed by atoms with van der Waals surface area (Å²) >= 11 is 1.31. The van der Waals surface area contributed by atoms with Gasteiger partial charge in [-0.3, -0.25) is 4.79 Å². The summed E-state index contributed by atoms with van der Waals surface area (Å²) in [6.07, 6.45) is 3.41. The van der Waals surface area contributed by atoms with Crippen LogP contribution in [0.15, 0.2) is 30.3 Å². The first kappa shape index (κ1) is 15.0. The van der Waals surface area contributed by atoms with E-state index in [9.17, 15) is 4.79 Å². The van der Waals surface area contributed by atoms with Crippen LogP contribution in [0.2, 0.25) is 0 Å². The number of hydrogen-bond donors (Lipinski definition) is 1. The Hall–Kier alpha value is -1.95. The average molecular weight is 316 g/mol. The largest absolute Gasteiger partial charge is 0.360 e. The molecule has 2 heterocycles. The average Bonchev–Trinajstić information content (AvgIpc) is 3.05. The Kier molecular flexibility index (Phi) is 4.68. The number of amides is 1. The third-order valence-electron chi connectivity index (χ3n) is 4.18. The number of piperidine rings is 1. The van der Waals surface area contributed by atoms with Gasteiger partial charge in [-0.1, -0.05) is 34.8 Å². The predicted molar refractivity (Wildman–Crippen MR) is 88.4 cm³/mol. The molecule has 6 heteroatoms. The Morgan fingerprint density at radius 1 is 1.32 bits per heavy atom. The molecule has 0 atom stereocenters. The molecule has 1 saturated heterocycles. The Morgan fingerprint density at radius 2 is 2.05 bits per heavy atom. The van der Waals surface area contributed by atoms with E-state index in [2.05, 4.69) is 50.1 Å². The van der Waals surface area contributed by atoms with Crippen LogP contribution in [-0.2, 0) is 6.42 Å². The van der Waals surface area contributed by atoms with Gasteiger partial charge in [0.25, 0.3) is 5.91 Å². The quantitative estimate of drug-likeness (QED) is 0.941. The first-order chi connectivity index (χ1) is 10.8. The third kappa shape index (κ3) is 3.27. The molecule has 5 nitrogen and oxygen atoms in total. The van der Waals surface area contributed by atoms with Crippen molar-refractivity contribution in [3.8, 4) is 0 Å². The monoisotopic (exact) mass is 316 g/mol. The standard InChI is InChI=1S/C16H20N4OS/c1-17-15(21)14-16(22-19-18-14)20-9-7-13(8-10-20)11-12-5-3-2-4-6-12/h2-6,13H,7-11H2,1H3,(H,17,21). The molecule has 1 amide bonds. The molecule has 1 aliphatic rings. The molecule has 1 N–H and O–H groups in total. The number of carbonyl (C=O) groups is 1. The van der Waals surface area contributed by atoms with Gasteiger partial charge in [-0.05, 0) is 30.7 Å². The zero-order chi connectivity index (χ0) is 15.4. The molecule has 1 aliphatic heterocycles. The lowest BCUT2D eigenvalue weighted by molar-refractivity contribution is 0.0958. The molecule has 0 aliphatic carbocycles. The number of benzene rings is 1. The molecular formula is C16H20N4OS. The molecule has 0 saturated carbocycles. The lowest BCUT2D eigenvalue weighted by atomic mass is 9.90. The van der Waals surface area contributed by atoms with Crippen molar-refractivity contribution in [2.75, 3.05) is 25.0 Å². The molecule has 2 aromatic rings. The molecule has 0 radical (unpaired) electrons. The molecule has 116 valence electrons. The predicted octanol–water partition coefficient (Wildman–Crippen LogP) is 2.36. The maximum absolute atomic E-state index is 11.8. The van der Waals surface area contributed by atoms with Crippen LogP contribution in [0.3, 0.4) is 0 Å². The number of nitrogens with one attached hydrogen (secondary N) is 1. The zero-order valence-electron chi connectivity index (χ0n) is 12.7. The fourth-order valence-corrected chi connectivity index (χ4v) is 3.66. The summed E-state index contributed by atoms with van der Waals surface area (Å²) in [6.45, 7) is 1.93. The van der Waals surface area contributed by atoms with Crippen LogP contribution in [0.1, 0.15) is 28.9 Å². The normalized spacial score (nSPS) is 15.8. The third-order valence-corrected chi connectivity index (χ3v) is 4.97. The molecule has 0 bridgehead atoms. The van der Waals surface area contributed by atoms with E-state index in [4.69, 9.17) is 0 Å². The van der Waals surface area contributed by atoms with Gasteiger partial charge < -0.3 is 10.2 Å². The van der Waals surface area contributed by atoms with Crippen molar-refractivity contribution in [3.63, 3.8) is 0 Å². The van der Waals surface area contributed by atoms with E-state index in [1.54, 1.807) is 7.05 Å². The van der Waals surface area contributed by atoms with Crippen molar-refractivity contribution in [1.82, 2.24) is 14.9 Å². The van der Waals surface area contributed by atoms with Crippen molar-refractivity contribution in [2.24, 2.45) is 5.92 Å². The van der Waals surface area contributed by atoms with Gasteiger partial charge in [0, 0.05) is 31.7 Å². The molecule has 3 rings (SSSR count). The van der Waals surface area contributed by atoms with Crippen LogP contribution in [0.5, 0.6) is 0 Å². The second kappa shape index (κ2) is 6.87. The highest BCUT2D eigenvalue weighted by Crippen LogP contribution is 2.29. The lowest BCUT2D eigenvalue weighted by Gasteiger charge is -2.32. The molecule has 1 fully saturated rings. The van der Waals surface area contributed by atoms with E-state index in [1.165, 1.54) is 17.1 Å². The highest BCUT2D eigenvalue weighted by Gasteiger charge is 2.25. The van der Waals surface area contributed by atoms with Crippen molar-refractivity contribution in [2.45, 2.75) is 19.3 Å². The maximum atomic E-state index is 11.8. The SMILES string of the molecule is CNC(=O)c1nnsc1N1CCC(Cc2ccccc2)CC1. The molecule has 22 heavy (non-hydrogen) atoms. The molecule has 0 spiro atoms. The van der Waals surface area contributed by atoms with Gasteiger partial charge in [0.1, 0.15) is 5.00 Å². The molecule has 1 aromatic heterocycles. The van der Waals surface area contributed by atoms with Crippen molar-refractivity contribution >= 4 is 22.4 Å². The summed E-state index contributed by atoms with van der Waals surface area (Å²) in [5.41, 5.74) is 1.86. The van der Waals surface area contributed by atoms with Crippen LogP contribution in [0.25, 0.3) is 0 Å². The van der Waals surface area contributed by atoms with Crippen LogP contribution >= 0.6 is 11.5 Å². The van der Waals surface area contributed by atoms with E-state index in [-0.39, 0.29) is 5.91 Å². The molecule has 0 unspecified atom stereocenters. The lowest BCUT2D eigenvalue weighted by Crippen LogP contribution is -2.35. The van der Waals surface area contributed by atoms with E-state index in [1.807, 2.05) is 0 Å². The van der Waals surface area contributed by atoms with Crippen molar-refractivity contribution in [1.29, 1.82) is 0 Å². The van der Waals surface area contributed by atoms with Crippen LogP contribution in [0, 0.1) is 5.92 Å². The van der Waals surface area contributed by atoms with E-state index in [0.717, 1.165) is 37.4 Å². The molecular weight excluding hydrogens is 296 g/mol. The first-order valence-electron chi connectivity index (χ1n) is 7.61. The number of rotatable bonds is 4. The number of anilines is 1. The van der Waals surface area contributed by atoms with Gasteiger partial charge in [-0.2, -0.15) is 0 Å². The molecule has 1 aromatic carbocycles. The minimum atomic E-state index is -0.157. The first-order valence-corrected chi connectivity index (χ1v) is 8.38. The second-order valence-electron chi connectivity index (χ2n) is 5.63. The zero-order valence-corrected chi connectivity index (χ0v) is 13.5. The second-order valence-corrected chi connectivity index (χ2v) is 6.36. The van der Waals surface area contributed by atoms with Gasteiger partial charge in [0.2, 0.25) is 0 Å². The van der Waals surface area contributed by atoms with Gasteiger partial charge in [-0.15, -0.1) is 5.10 Å². The van der Waals surface area contributed by atoms with Gasteiger partial charge >= 0.3 is 0 Å². The summed E-state index contributed by atoms with van der Waals surface area (Å²) in [7, 11) is 1.62.